The van der Waals surface area contributed by atoms with E-state index in [-0.39, 0.29) is 25.2 Å². The van der Waals surface area contributed by atoms with Crippen molar-refractivity contribution in [2.45, 2.75) is 19.1 Å². The third-order valence-corrected chi connectivity index (χ3v) is 3.39. The van der Waals surface area contributed by atoms with E-state index in [2.05, 4.69) is 0 Å². The number of nitrogens with zero attached hydrogens (tertiary/aromatic N) is 1. The van der Waals surface area contributed by atoms with Gasteiger partial charge in [0.25, 0.3) is 5.91 Å². The fourth-order valence-corrected chi connectivity index (χ4v) is 2.27. The van der Waals surface area contributed by atoms with E-state index in [1.807, 2.05) is 0 Å². The molecule has 2 atom stereocenters. The summed E-state index contributed by atoms with van der Waals surface area (Å²) in [6.45, 7) is 1.89. The van der Waals surface area contributed by atoms with Gasteiger partial charge in [0.1, 0.15) is 5.75 Å². The number of ether oxygens (including phenoxy) is 2. The number of halogens is 1. The van der Waals surface area contributed by atoms with Crippen LogP contribution in [-0.4, -0.2) is 53.8 Å². The second kappa shape index (κ2) is 6.78. The predicted molar refractivity (Wildman–Crippen MR) is 75.5 cm³/mol. The fourth-order valence-electron chi connectivity index (χ4n) is 2.08. The first-order chi connectivity index (χ1) is 9.97. The van der Waals surface area contributed by atoms with Crippen LogP contribution in [0.4, 0.5) is 0 Å². The minimum absolute atomic E-state index is 0.0182. The highest BCUT2D eigenvalue weighted by Crippen LogP contribution is 2.23. The van der Waals surface area contributed by atoms with Crippen molar-refractivity contribution in [1.29, 1.82) is 0 Å². The van der Waals surface area contributed by atoms with Crippen molar-refractivity contribution >= 4 is 23.5 Å². The number of hydrogen-bond acceptors (Lipinski definition) is 4. The molecule has 0 saturated carbocycles. The Hall–Kier alpha value is -1.79. The van der Waals surface area contributed by atoms with Crippen LogP contribution in [0.15, 0.2) is 24.3 Å². The van der Waals surface area contributed by atoms with E-state index < -0.39 is 12.1 Å². The van der Waals surface area contributed by atoms with Crippen LogP contribution < -0.4 is 4.74 Å². The highest BCUT2D eigenvalue weighted by atomic mass is 35.5. The number of benzene rings is 1. The monoisotopic (exact) mass is 313 g/mol. The molecular formula is C14H16ClNO5. The first-order valence-electron chi connectivity index (χ1n) is 6.50. The van der Waals surface area contributed by atoms with Gasteiger partial charge < -0.3 is 19.5 Å². The molecule has 7 heteroatoms. The second-order valence-electron chi connectivity index (χ2n) is 4.79. The van der Waals surface area contributed by atoms with Crippen LogP contribution in [0.3, 0.4) is 0 Å². The molecule has 0 aliphatic carbocycles. The summed E-state index contributed by atoms with van der Waals surface area (Å²) in [7, 11) is 0. The lowest BCUT2D eigenvalue weighted by Crippen LogP contribution is -2.52. The van der Waals surface area contributed by atoms with Gasteiger partial charge in [0, 0.05) is 6.54 Å². The maximum absolute atomic E-state index is 12.1. The maximum atomic E-state index is 12.1. The van der Waals surface area contributed by atoms with Crippen molar-refractivity contribution in [3.05, 3.63) is 29.3 Å². The Kier molecular flexibility index (Phi) is 5.03. The molecule has 1 fully saturated rings. The van der Waals surface area contributed by atoms with Crippen LogP contribution in [0.25, 0.3) is 0 Å². The number of carboxylic acid groups (broad SMARTS) is 1. The summed E-state index contributed by atoms with van der Waals surface area (Å²) in [5.74, 6) is -0.952. The molecule has 0 spiro atoms. The molecule has 1 aromatic rings. The molecule has 1 aliphatic rings. The standard InChI is InChI=1S/C14H16ClNO5/c1-9-6-16(7-12(21-9)14(18)19)13(17)8-20-11-5-3-2-4-10(11)15/h2-5,9,12H,6-8H2,1H3,(H,18,19)/t9-,12?/m1/s1. The molecule has 2 rings (SSSR count). The number of hydrogen-bond donors (Lipinski definition) is 1. The number of rotatable bonds is 4. The minimum atomic E-state index is -1.08. The van der Waals surface area contributed by atoms with Crippen molar-refractivity contribution < 1.29 is 24.2 Å². The van der Waals surface area contributed by atoms with Crippen LogP contribution in [0.2, 0.25) is 5.02 Å². The van der Waals surface area contributed by atoms with Gasteiger partial charge in [-0.05, 0) is 19.1 Å². The number of amides is 1. The molecule has 6 nitrogen and oxygen atoms in total. The van der Waals surface area contributed by atoms with E-state index in [0.717, 1.165) is 0 Å². The molecular weight excluding hydrogens is 298 g/mol. The Balaban J connectivity index is 1.93. The lowest BCUT2D eigenvalue weighted by Gasteiger charge is -2.34. The zero-order valence-corrected chi connectivity index (χ0v) is 12.2. The SMILES string of the molecule is C[C@@H]1CN(C(=O)COc2ccccc2Cl)CC(C(=O)O)O1. The van der Waals surface area contributed by atoms with E-state index in [4.69, 9.17) is 26.2 Å². The summed E-state index contributed by atoms with van der Waals surface area (Å²) < 4.78 is 10.6. The number of morpholine rings is 1. The summed E-state index contributed by atoms with van der Waals surface area (Å²) in [6.07, 6.45) is -1.33. The molecule has 1 N–H and O–H groups in total. The maximum Gasteiger partial charge on any atom is 0.334 e. The van der Waals surface area contributed by atoms with Crippen LogP contribution in [-0.2, 0) is 14.3 Å². The van der Waals surface area contributed by atoms with E-state index >= 15 is 0 Å². The Morgan fingerprint density at radius 3 is 2.81 bits per heavy atom. The molecule has 1 heterocycles. The van der Waals surface area contributed by atoms with Gasteiger partial charge in [0.2, 0.25) is 0 Å². The zero-order chi connectivity index (χ0) is 15.4. The summed E-state index contributed by atoms with van der Waals surface area (Å²) in [5.41, 5.74) is 0. The summed E-state index contributed by atoms with van der Waals surface area (Å²) in [6, 6.07) is 6.84. The second-order valence-corrected chi connectivity index (χ2v) is 5.20. The van der Waals surface area contributed by atoms with Gasteiger partial charge in [-0.15, -0.1) is 0 Å². The van der Waals surface area contributed by atoms with Crippen LogP contribution in [0.5, 0.6) is 5.75 Å². The van der Waals surface area contributed by atoms with E-state index in [1.165, 1.54) is 4.90 Å². The van der Waals surface area contributed by atoms with Gasteiger partial charge in [-0.2, -0.15) is 0 Å². The van der Waals surface area contributed by atoms with Gasteiger partial charge >= 0.3 is 5.97 Å². The number of aliphatic carboxylic acids is 1. The minimum Gasteiger partial charge on any atom is -0.482 e. The van der Waals surface area contributed by atoms with Crippen molar-refractivity contribution in [2.75, 3.05) is 19.7 Å². The highest BCUT2D eigenvalue weighted by Gasteiger charge is 2.32. The van der Waals surface area contributed by atoms with Crippen molar-refractivity contribution in [3.8, 4) is 5.75 Å². The van der Waals surface area contributed by atoms with Crippen molar-refractivity contribution in [1.82, 2.24) is 4.90 Å². The van der Waals surface area contributed by atoms with Crippen LogP contribution >= 0.6 is 11.6 Å². The average Bonchev–Trinajstić information content (AvgIpc) is 2.45. The number of carbonyl (C=O) groups excluding carboxylic acids is 1. The van der Waals surface area contributed by atoms with Gasteiger partial charge in [-0.1, -0.05) is 23.7 Å². The molecule has 1 unspecified atom stereocenters. The molecule has 21 heavy (non-hydrogen) atoms. The third kappa shape index (κ3) is 4.09. The van der Waals surface area contributed by atoms with Crippen LogP contribution in [0.1, 0.15) is 6.92 Å². The summed E-state index contributed by atoms with van der Waals surface area (Å²) in [4.78, 5) is 24.5. The average molecular weight is 314 g/mol. The fraction of sp³-hybridized carbons (Fsp3) is 0.429. The topological polar surface area (TPSA) is 76.1 Å². The first-order valence-corrected chi connectivity index (χ1v) is 6.88. The van der Waals surface area contributed by atoms with E-state index in [0.29, 0.717) is 17.3 Å². The molecule has 1 saturated heterocycles. The number of carbonyl (C=O) groups is 2. The van der Waals surface area contributed by atoms with Gasteiger partial charge in [0.15, 0.2) is 12.7 Å². The molecule has 0 aromatic heterocycles. The Labute approximate surface area is 127 Å². The summed E-state index contributed by atoms with van der Waals surface area (Å²) >= 11 is 5.93. The normalized spacial score (nSPS) is 21.9. The van der Waals surface area contributed by atoms with Gasteiger partial charge in [-0.3, -0.25) is 4.79 Å². The largest absolute Gasteiger partial charge is 0.482 e. The number of para-hydroxylation sites is 1. The van der Waals surface area contributed by atoms with Crippen LogP contribution in [0, 0.1) is 0 Å². The van der Waals surface area contributed by atoms with E-state index in [9.17, 15) is 9.59 Å². The molecule has 1 amide bonds. The Morgan fingerprint density at radius 1 is 1.43 bits per heavy atom. The zero-order valence-electron chi connectivity index (χ0n) is 11.5. The highest BCUT2D eigenvalue weighted by molar-refractivity contribution is 6.32. The quantitative estimate of drug-likeness (QED) is 0.910. The van der Waals surface area contributed by atoms with Crippen molar-refractivity contribution in [2.24, 2.45) is 0 Å². The number of carboxylic acids is 1. The Morgan fingerprint density at radius 2 is 2.14 bits per heavy atom. The molecule has 114 valence electrons. The molecule has 1 aromatic carbocycles. The van der Waals surface area contributed by atoms with Crippen molar-refractivity contribution in [3.63, 3.8) is 0 Å². The lowest BCUT2D eigenvalue weighted by atomic mass is 10.2. The van der Waals surface area contributed by atoms with E-state index in [1.54, 1.807) is 31.2 Å². The summed E-state index contributed by atoms with van der Waals surface area (Å²) in [5, 5.41) is 9.41. The third-order valence-electron chi connectivity index (χ3n) is 3.08. The smallest absolute Gasteiger partial charge is 0.334 e. The van der Waals surface area contributed by atoms with Gasteiger partial charge in [-0.25, -0.2) is 4.79 Å². The Bertz CT molecular complexity index is 536. The lowest BCUT2D eigenvalue weighted by molar-refractivity contribution is -0.167. The molecule has 0 bridgehead atoms. The first kappa shape index (κ1) is 15.6. The molecule has 1 aliphatic heterocycles. The van der Waals surface area contributed by atoms with Gasteiger partial charge in [0.05, 0.1) is 17.7 Å². The predicted octanol–water partition coefficient (Wildman–Crippen LogP) is 1.42. The molecule has 0 radical (unpaired) electrons.